The Morgan fingerprint density at radius 3 is 2.45 bits per heavy atom. The quantitative estimate of drug-likeness (QED) is 0.774. The van der Waals surface area contributed by atoms with Gasteiger partial charge >= 0.3 is 0 Å². The van der Waals surface area contributed by atoms with E-state index in [1.165, 1.54) is 12.1 Å². The number of hydrogen-bond acceptors (Lipinski definition) is 2. The summed E-state index contributed by atoms with van der Waals surface area (Å²) in [5.41, 5.74) is 2.05. The van der Waals surface area contributed by atoms with Gasteiger partial charge in [0.15, 0.2) is 0 Å². The predicted molar refractivity (Wildman–Crippen MR) is 80.1 cm³/mol. The average molecular weight is 292 g/mol. The van der Waals surface area contributed by atoms with E-state index in [2.05, 4.69) is 0 Å². The lowest BCUT2D eigenvalue weighted by Gasteiger charge is -2.27. The molecule has 0 fully saturated rings. The second kappa shape index (κ2) is 6.06. The van der Waals surface area contributed by atoms with Crippen molar-refractivity contribution in [3.8, 4) is 0 Å². The molecule has 0 saturated carbocycles. The number of aldehydes is 1. The zero-order chi connectivity index (χ0) is 14.7. The molecule has 1 unspecified atom stereocenters. The van der Waals surface area contributed by atoms with Crippen molar-refractivity contribution in [2.24, 2.45) is 0 Å². The number of carbonyl (C=O) groups excluding carboxylic acids is 1. The van der Waals surface area contributed by atoms with Crippen LogP contribution in [0.1, 0.15) is 28.9 Å². The fourth-order valence-corrected chi connectivity index (χ4v) is 2.18. The van der Waals surface area contributed by atoms with Gasteiger partial charge in [0.25, 0.3) is 0 Å². The van der Waals surface area contributed by atoms with Crippen molar-refractivity contribution < 1.29 is 9.18 Å². The minimum atomic E-state index is -0.417. The Morgan fingerprint density at radius 2 is 1.85 bits per heavy atom. The lowest BCUT2D eigenvalue weighted by Crippen LogP contribution is -2.21. The third kappa shape index (κ3) is 3.17. The van der Waals surface area contributed by atoms with Crippen LogP contribution in [0.3, 0.4) is 0 Å². The summed E-state index contributed by atoms with van der Waals surface area (Å²) in [6.45, 7) is 2.01. The van der Waals surface area contributed by atoms with Crippen LogP contribution < -0.4 is 4.90 Å². The zero-order valence-corrected chi connectivity index (χ0v) is 12.1. The Balaban J connectivity index is 2.30. The molecule has 0 radical (unpaired) electrons. The highest BCUT2D eigenvalue weighted by Crippen LogP contribution is 2.27. The van der Waals surface area contributed by atoms with E-state index in [1.807, 2.05) is 43.1 Å². The van der Waals surface area contributed by atoms with Crippen LogP contribution in [-0.2, 0) is 0 Å². The maximum atomic E-state index is 13.5. The van der Waals surface area contributed by atoms with Gasteiger partial charge in [-0.1, -0.05) is 23.7 Å². The van der Waals surface area contributed by atoms with E-state index in [0.717, 1.165) is 5.56 Å². The van der Waals surface area contributed by atoms with Crippen molar-refractivity contribution in [1.82, 2.24) is 0 Å². The van der Waals surface area contributed by atoms with Gasteiger partial charge in [0.05, 0.1) is 6.04 Å². The lowest BCUT2D eigenvalue weighted by atomic mass is 10.1. The van der Waals surface area contributed by atoms with Crippen LogP contribution in [0.25, 0.3) is 0 Å². The zero-order valence-electron chi connectivity index (χ0n) is 11.3. The summed E-state index contributed by atoms with van der Waals surface area (Å²) in [7, 11) is 1.86. The third-order valence-electron chi connectivity index (χ3n) is 3.38. The highest BCUT2D eigenvalue weighted by atomic mass is 35.5. The summed E-state index contributed by atoms with van der Waals surface area (Å²) < 4.78 is 13.5. The van der Waals surface area contributed by atoms with Crippen LogP contribution in [0.4, 0.5) is 10.1 Å². The van der Waals surface area contributed by atoms with Gasteiger partial charge in [-0.25, -0.2) is 4.39 Å². The van der Waals surface area contributed by atoms with Crippen molar-refractivity contribution in [2.45, 2.75) is 13.0 Å². The molecule has 0 N–H and O–H groups in total. The van der Waals surface area contributed by atoms with Crippen LogP contribution in [-0.4, -0.2) is 13.3 Å². The summed E-state index contributed by atoms with van der Waals surface area (Å²) in [6.07, 6.45) is 0.646. The third-order valence-corrected chi connectivity index (χ3v) is 3.63. The molecule has 20 heavy (non-hydrogen) atoms. The van der Waals surface area contributed by atoms with Crippen molar-refractivity contribution in [3.63, 3.8) is 0 Å². The Bertz CT molecular complexity index is 612. The van der Waals surface area contributed by atoms with E-state index < -0.39 is 5.82 Å². The molecule has 0 spiro atoms. The van der Waals surface area contributed by atoms with E-state index in [1.54, 1.807) is 6.07 Å². The summed E-state index contributed by atoms with van der Waals surface area (Å²) in [6, 6.07) is 11.9. The second-order valence-electron chi connectivity index (χ2n) is 4.70. The normalized spacial score (nSPS) is 12.0. The second-order valence-corrected chi connectivity index (χ2v) is 5.14. The number of benzene rings is 2. The van der Waals surface area contributed by atoms with Crippen LogP contribution >= 0.6 is 11.6 Å². The number of carbonyl (C=O) groups is 1. The van der Waals surface area contributed by atoms with Crippen molar-refractivity contribution in [1.29, 1.82) is 0 Å². The molecule has 0 amide bonds. The summed E-state index contributed by atoms with van der Waals surface area (Å²) in [4.78, 5) is 12.7. The fourth-order valence-electron chi connectivity index (χ4n) is 2.06. The monoisotopic (exact) mass is 291 g/mol. The van der Waals surface area contributed by atoms with E-state index in [9.17, 15) is 9.18 Å². The molecule has 104 valence electrons. The molecule has 0 heterocycles. The molecule has 0 aliphatic heterocycles. The average Bonchev–Trinajstić information content (AvgIpc) is 2.45. The molecule has 0 saturated heterocycles. The minimum Gasteiger partial charge on any atom is -0.368 e. The summed E-state index contributed by atoms with van der Waals surface area (Å²) in [5.74, 6) is -0.417. The molecular formula is C16H15ClFNO. The van der Waals surface area contributed by atoms with E-state index in [4.69, 9.17) is 11.6 Å². The standard InChI is InChI=1S/C16H15ClFNO/c1-11(13-3-5-14(17)6-4-13)19(2)16-8-12(10-20)7-15(18)9-16/h3-11H,1-2H3. The summed E-state index contributed by atoms with van der Waals surface area (Å²) >= 11 is 5.87. The minimum absolute atomic E-state index is 0.0357. The Kier molecular flexibility index (Phi) is 4.40. The van der Waals surface area contributed by atoms with Gasteiger partial charge in [-0.15, -0.1) is 0 Å². The molecule has 0 aliphatic rings. The van der Waals surface area contributed by atoms with E-state index in [-0.39, 0.29) is 6.04 Å². The highest BCUT2D eigenvalue weighted by molar-refractivity contribution is 6.30. The van der Waals surface area contributed by atoms with Gasteiger partial charge < -0.3 is 4.90 Å². The van der Waals surface area contributed by atoms with Crippen molar-refractivity contribution >= 4 is 23.6 Å². The van der Waals surface area contributed by atoms with Gasteiger partial charge in [0, 0.05) is 23.3 Å². The van der Waals surface area contributed by atoms with Crippen molar-refractivity contribution in [2.75, 3.05) is 11.9 Å². The van der Waals surface area contributed by atoms with Gasteiger partial charge in [-0.3, -0.25) is 4.79 Å². The smallest absolute Gasteiger partial charge is 0.150 e. The first-order valence-corrected chi connectivity index (χ1v) is 6.63. The Morgan fingerprint density at radius 1 is 1.20 bits per heavy atom. The molecular weight excluding hydrogens is 277 g/mol. The maximum absolute atomic E-state index is 13.5. The Hall–Kier alpha value is -1.87. The largest absolute Gasteiger partial charge is 0.368 e. The van der Waals surface area contributed by atoms with Crippen LogP contribution in [0.15, 0.2) is 42.5 Å². The maximum Gasteiger partial charge on any atom is 0.150 e. The lowest BCUT2D eigenvalue weighted by molar-refractivity contribution is 0.112. The first-order valence-electron chi connectivity index (χ1n) is 6.25. The number of anilines is 1. The molecule has 0 aliphatic carbocycles. The Labute approximate surface area is 122 Å². The number of hydrogen-bond donors (Lipinski definition) is 0. The van der Waals surface area contributed by atoms with Gasteiger partial charge in [0.1, 0.15) is 12.1 Å². The molecule has 2 rings (SSSR count). The van der Waals surface area contributed by atoms with Crippen molar-refractivity contribution in [3.05, 3.63) is 64.4 Å². The summed E-state index contributed by atoms with van der Waals surface area (Å²) in [5, 5.41) is 0.678. The van der Waals surface area contributed by atoms with E-state index in [0.29, 0.717) is 22.6 Å². The number of rotatable bonds is 4. The molecule has 2 aromatic carbocycles. The predicted octanol–water partition coefficient (Wildman–Crippen LogP) is 4.49. The molecule has 4 heteroatoms. The highest BCUT2D eigenvalue weighted by Gasteiger charge is 2.13. The number of nitrogens with zero attached hydrogens (tertiary/aromatic N) is 1. The first-order chi connectivity index (χ1) is 9.51. The first kappa shape index (κ1) is 14.5. The molecule has 2 aromatic rings. The topological polar surface area (TPSA) is 20.3 Å². The molecule has 2 nitrogen and oxygen atoms in total. The van der Waals surface area contributed by atoms with Gasteiger partial charge in [-0.05, 0) is 42.8 Å². The molecule has 1 atom stereocenters. The van der Waals surface area contributed by atoms with Gasteiger partial charge in [-0.2, -0.15) is 0 Å². The molecule has 0 bridgehead atoms. The van der Waals surface area contributed by atoms with Crippen LogP contribution in [0, 0.1) is 5.82 Å². The molecule has 0 aromatic heterocycles. The van der Waals surface area contributed by atoms with Gasteiger partial charge in [0.2, 0.25) is 0 Å². The van der Waals surface area contributed by atoms with Crippen LogP contribution in [0.5, 0.6) is 0 Å². The van der Waals surface area contributed by atoms with E-state index >= 15 is 0 Å². The fraction of sp³-hybridized carbons (Fsp3) is 0.188. The van der Waals surface area contributed by atoms with Crippen LogP contribution in [0.2, 0.25) is 5.02 Å². The number of halogens is 2. The SMILES string of the molecule is CC(c1ccc(Cl)cc1)N(C)c1cc(F)cc(C=O)c1.